The molecule has 4 aromatic rings. The molecule has 4 rings (SSSR count). The average Bonchev–Trinajstić information content (AvgIpc) is 3.03. The second kappa shape index (κ2) is 8.94. The molecular formula is C21H15Cl3N2O3S2. The van der Waals surface area contributed by atoms with Crippen LogP contribution in [0, 0.1) is 0 Å². The summed E-state index contributed by atoms with van der Waals surface area (Å²) in [6.07, 6.45) is 0. The van der Waals surface area contributed by atoms with Crippen molar-refractivity contribution in [3.63, 3.8) is 0 Å². The van der Waals surface area contributed by atoms with Crippen LogP contribution in [0.25, 0.3) is 10.2 Å². The van der Waals surface area contributed by atoms with Gasteiger partial charge in [0.1, 0.15) is 0 Å². The summed E-state index contributed by atoms with van der Waals surface area (Å²) in [5.74, 6) is 0. The van der Waals surface area contributed by atoms with Crippen molar-refractivity contribution >= 4 is 66.4 Å². The summed E-state index contributed by atoms with van der Waals surface area (Å²) in [6, 6.07) is 16.7. The van der Waals surface area contributed by atoms with Crippen molar-refractivity contribution in [1.29, 1.82) is 0 Å². The molecule has 0 amide bonds. The van der Waals surface area contributed by atoms with Crippen molar-refractivity contribution in [1.82, 2.24) is 9.29 Å². The molecule has 0 radical (unpaired) electrons. The summed E-state index contributed by atoms with van der Waals surface area (Å²) in [5.41, 5.74) is 2.20. The number of benzene rings is 3. The van der Waals surface area contributed by atoms with Crippen molar-refractivity contribution < 1.29 is 8.42 Å². The number of hydrogen-bond donors (Lipinski definition) is 1. The predicted octanol–water partition coefficient (Wildman–Crippen LogP) is 5.55. The quantitative estimate of drug-likeness (QED) is 0.367. The van der Waals surface area contributed by atoms with Crippen molar-refractivity contribution in [2.24, 2.45) is 0 Å². The van der Waals surface area contributed by atoms with Crippen molar-refractivity contribution in [3.8, 4) is 0 Å². The Bertz CT molecular complexity index is 1430. The van der Waals surface area contributed by atoms with Gasteiger partial charge in [-0.25, -0.2) is 13.1 Å². The topological polar surface area (TPSA) is 68.2 Å². The van der Waals surface area contributed by atoms with Crippen molar-refractivity contribution in [2.75, 3.05) is 0 Å². The minimum absolute atomic E-state index is 0.0180. The van der Waals surface area contributed by atoms with Gasteiger partial charge in [0.15, 0.2) is 0 Å². The van der Waals surface area contributed by atoms with Crippen molar-refractivity contribution in [3.05, 3.63) is 96.5 Å². The summed E-state index contributed by atoms with van der Waals surface area (Å²) >= 11 is 18.9. The van der Waals surface area contributed by atoms with Crippen LogP contribution in [0.15, 0.2) is 70.4 Å². The lowest BCUT2D eigenvalue weighted by Gasteiger charge is -2.09. The molecule has 0 bridgehead atoms. The van der Waals surface area contributed by atoms with E-state index in [2.05, 4.69) is 4.72 Å². The number of thiazole rings is 1. The summed E-state index contributed by atoms with van der Waals surface area (Å²) in [5, 5.41) is 1.47. The van der Waals surface area contributed by atoms with E-state index in [9.17, 15) is 13.2 Å². The molecule has 0 spiro atoms. The second-order valence-corrected chi connectivity index (χ2v) is 10.8. The van der Waals surface area contributed by atoms with E-state index in [1.807, 2.05) is 12.1 Å². The Balaban J connectivity index is 1.60. The highest BCUT2D eigenvalue weighted by molar-refractivity contribution is 7.89. The predicted molar refractivity (Wildman–Crippen MR) is 127 cm³/mol. The molecule has 1 N–H and O–H groups in total. The zero-order valence-corrected chi connectivity index (χ0v) is 19.7. The molecule has 0 atom stereocenters. The fourth-order valence-electron chi connectivity index (χ4n) is 3.06. The molecule has 1 heterocycles. The second-order valence-electron chi connectivity index (χ2n) is 6.77. The Morgan fingerprint density at radius 2 is 1.61 bits per heavy atom. The summed E-state index contributed by atoms with van der Waals surface area (Å²) < 4.78 is 30.3. The van der Waals surface area contributed by atoms with E-state index in [1.165, 1.54) is 12.1 Å². The lowest BCUT2D eigenvalue weighted by molar-refractivity contribution is 0.581. The van der Waals surface area contributed by atoms with E-state index < -0.39 is 10.0 Å². The minimum atomic E-state index is -3.80. The third kappa shape index (κ3) is 4.98. The summed E-state index contributed by atoms with van der Waals surface area (Å²) in [4.78, 5) is 12.4. The molecule has 0 fully saturated rings. The molecule has 0 aliphatic rings. The maximum atomic E-state index is 12.8. The summed E-state index contributed by atoms with van der Waals surface area (Å²) in [6.45, 7) is 0.388. The lowest BCUT2D eigenvalue weighted by Crippen LogP contribution is -2.23. The molecule has 31 heavy (non-hydrogen) atoms. The van der Waals surface area contributed by atoms with Crippen LogP contribution in [0.5, 0.6) is 0 Å². The molecule has 5 nitrogen and oxygen atoms in total. The lowest BCUT2D eigenvalue weighted by atomic mass is 10.2. The first-order chi connectivity index (χ1) is 14.7. The van der Waals surface area contributed by atoms with Crippen LogP contribution in [0.4, 0.5) is 0 Å². The van der Waals surface area contributed by atoms with Gasteiger partial charge in [0.25, 0.3) is 0 Å². The van der Waals surface area contributed by atoms with Gasteiger partial charge in [-0.2, -0.15) is 0 Å². The number of rotatable bonds is 6. The van der Waals surface area contributed by atoms with E-state index in [1.54, 1.807) is 41.0 Å². The fraction of sp³-hybridized carbons (Fsp3) is 0.0952. The van der Waals surface area contributed by atoms with Crippen molar-refractivity contribution in [2.45, 2.75) is 18.0 Å². The maximum absolute atomic E-state index is 12.8. The van der Waals surface area contributed by atoms with E-state index in [4.69, 9.17) is 34.8 Å². The highest BCUT2D eigenvalue weighted by atomic mass is 35.5. The Morgan fingerprint density at radius 1 is 0.903 bits per heavy atom. The first-order valence-electron chi connectivity index (χ1n) is 9.04. The molecule has 0 aliphatic carbocycles. The fourth-order valence-corrected chi connectivity index (χ4v) is 5.70. The molecular weight excluding hydrogens is 499 g/mol. The van der Waals surface area contributed by atoms with Crippen LogP contribution in [0.2, 0.25) is 15.1 Å². The number of fused-ring (bicyclic) bond motifs is 1. The van der Waals surface area contributed by atoms with E-state index in [-0.39, 0.29) is 16.3 Å². The highest BCUT2D eigenvalue weighted by Crippen LogP contribution is 2.24. The van der Waals surface area contributed by atoms with Crippen LogP contribution in [0.3, 0.4) is 0 Å². The third-order valence-electron chi connectivity index (χ3n) is 4.67. The molecule has 160 valence electrons. The van der Waals surface area contributed by atoms with E-state index in [0.29, 0.717) is 37.4 Å². The van der Waals surface area contributed by atoms with Gasteiger partial charge in [-0.1, -0.05) is 64.3 Å². The van der Waals surface area contributed by atoms with E-state index >= 15 is 0 Å². The smallest absolute Gasteiger partial charge is 0.294 e. The molecule has 0 aliphatic heterocycles. The maximum Gasteiger partial charge on any atom is 0.308 e. The van der Waals surface area contributed by atoms with Gasteiger partial charge < -0.3 is 0 Å². The number of nitrogens with zero attached hydrogens (tertiary/aromatic N) is 1. The number of halogens is 3. The average molecular weight is 514 g/mol. The largest absolute Gasteiger partial charge is 0.308 e. The van der Waals surface area contributed by atoms with Gasteiger partial charge >= 0.3 is 4.87 Å². The summed E-state index contributed by atoms with van der Waals surface area (Å²) in [7, 11) is -3.80. The SMILES string of the molecule is O=c1sc2cc(S(=O)(=O)NCc3ccc(Cl)cc3Cl)ccc2n1Cc1ccc(Cl)cc1. The monoisotopic (exact) mass is 512 g/mol. The molecule has 3 aromatic carbocycles. The van der Waals surface area contributed by atoms with Gasteiger partial charge in [0, 0.05) is 21.6 Å². The minimum Gasteiger partial charge on any atom is -0.294 e. The van der Waals surface area contributed by atoms with Crippen LogP contribution in [0.1, 0.15) is 11.1 Å². The number of aromatic nitrogens is 1. The van der Waals surface area contributed by atoms with Gasteiger partial charge in [-0.3, -0.25) is 9.36 Å². The molecule has 10 heteroatoms. The first kappa shape index (κ1) is 22.3. The number of sulfonamides is 1. The molecule has 0 saturated heterocycles. The third-order valence-corrected chi connectivity index (χ3v) is 7.85. The first-order valence-corrected chi connectivity index (χ1v) is 12.5. The normalized spacial score (nSPS) is 11.8. The van der Waals surface area contributed by atoms with Gasteiger partial charge in [0.2, 0.25) is 10.0 Å². The zero-order valence-electron chi connectivity index (χ0n) is 15.8. The number of hydrogen-bond acceptors (Lipinski definition) is 4. The molecule has 0 saturated carbocycles. The zero-order chi connectivity index (χ0) is 22.2. The molecule has 1 aromatic heterocycles. The highest BCUT2D eigenvalue weighted by Gasteiger charge is 2.17. The Hall–Kier alpha value is -1.87. The number of nitrogens with one attached hydrogen (secondary N) is 1. The Kier molecular flexibility index (Phi) is 6.44. The van der Waals surface area contributed by atoms with E-state index in [0.717, 1.165) is 16.9 Å². The van der Waals surface area contributed by atoms with Gasteiger partial charge in [0.05, 0.1) is 21.7 Å². The van der Waals surface area contributed by atoms with Gasteiger partial charge in [-0.15, -0.1) is 0 Å². The van der Waals surface area contributed by atoms with Gasteiger partial charge in [-0.05, 0) is 53.6 Å². The van der Waals surface area contributed by atoms with Crippen LogP contribution < -0.4 is 9.60 Å². The van der Waals surface area contributed by atoms with Crippen LogP contribution in [-0.2, 0) is 23.1 Å². The Labute approximate surface area is 197 Å². The standard InChI is InChI=1S/C21H15Cl3N2O3S2/c22-15-4-1-13(2-5-15)12-26-19-8-7-17(10-20(19)30-21(26)27)31(28,29)25-11-14-3-6-16(23)9-18(14)24/h1-10,25H,11-12H2. The molecule has 0 unspecified atom stereocenters. The van der Waals surface area contributed by atoms with Crippen LogP contribution >= 0.6 is 46.1 Å². The Morgan fingerprint density at radius 3 is 2.32 bits per heavy atom. The van der Waals surface area contributed by atoms with Crippen LogP contribution in [-0.4, -0.2) is 13.0 Å².